The topological polar surface area (TPSA) is 140 Å². The number of aromatic amines is 1. The summed E-state index contributed by atoms with van der Waals surface area (Å²) in [4.78, 5) is 38.5. The fourth-order valence-electron chi connectivity index (χ4n) is 5.90. The van der Waals surface area contributed by atoms with Crippen LogP contribution in [0.4, 0.5) is 14.5 Å². The molecule has 1 amide bonds. The molecule has 2 aromatic carbocycles. The molecule has 0 bridgehead atoms. The van der Waals surface area contributed by atoms with Gasteiger partial charge in [0.1, 0.15) is 12.1 Å². The summed E-state index contributed by atoms with van der Waals surface area (Å²) >= 11 is 0. The maximum absolute atomic E-state index is 14.2. The van der Waals surface area contributed by atoms with Crippen molar-refractivity contribution in [2.45, 2.75) is 61.9 Å². The number of anilines is 1. The van der Waals surface area contributed by atoms with Crippen LogP contribution in [-0.4, -0.2) is 46.2 Å². The zero-order valence-corrected chi connectivity index (χ0v) is 24.4. The van der Waals surface area contributed by atoms with Crippen molar-refractivity contribution in [2.24, 2.45) is 0 Å². The van der Waals surface area contributed by atoms with Crippen molar-refractivity contribution in [3.05, 3.63) is 93.8 Å². The van der Waals surface area contributed by atoms with E-state index in [1.54, 1.807) is 12.1 Å². The van der Waals surface area contributed by atoms with Crippen LogP contribution >= 0.6 is 0 Å². The Balaban J connectivity index is 1.33. The predicted octanol–water partition coefficient (Wildman–Crippen LogP) is 4.51. The molecule has 0 unspecified atom stereocenters. The summed E-state index contributed by atoms with van der Waals surface area (Å²) in [5.74, 6) is -3.04. The van der Waals surface area contributed by atoms with E-state index < -0.39 is 44.1 Å². The first-order valence-corrected chi connectivity index (χ1v) is 15.8. The van der Waals surface area contributed by atoms with Gasteiger partial charge in [0.25, 0.3) is 5.56 Å². The molecule has 3 heterocycles. The Morgan fingerprint density at radius 2 is 1.86 bits per heavy atom. The van der Waals surface area contributed by atoms with Gasteiger partial charge in [0, 0.05) is 18.4 Å². The minimum absolute atomic E-state index is 0.00657. The van der Waals surface area contributed by atoms with Gasteiger partial charge in [0.2, 0.25) is 15.9 Å². The first-order valence-electron chi connectivity index (χ1n) is 14.3. The molecule has 226 valence electrons. The third-order valence-electron chi connectivity index (χ3n) is 8.43. The summed E-state index contributed by atoms with van der Waals surface area (Å²) < 4.78 is 56.0. The van der Waals surface area contributed by atoms with Gasteiger partial charge in [-0.1, -0.05) is 25.3 Å². The van der Waals surface area contributed by atoms with Crippen LogP contribution < -0.4 is 10.5 Å². The third-order valence-corrected chi connectivity index (χ3v) is 10.3. The number of rotatable bonds is 7. The van der Waals surface area contributed by atoms with Crippen LogP contribution in [0.15, 0.2) is 64.7 Å². The molecule has 2 aliphatic rings. The number of H-pyrrole nitrogens is 1. The Morgan fingerprint density at radius 1 is 1.07 bits per heavy atom. The molecule has 10 nitrogen and oxygen atoms in total. The SMILES string of the molecule is N#Cc1cc(S(=O)(=O)N2CC[C@@H]2C(=O)N(Cc2ccc(C3CCCCC3)cn2)c2ccc3c(=O)[nH]cnc3c2)cc(F)c1F. The lowest BCUT2D eigenvalue weighted by Crippen LogP contribution is -2.59. The van der Waals surface area contributed by atoms with Crippen molar-refractivity contribution < 1.29 is 22.0 Å². The minimum atomic E-state index is -4.46. The van der Waals surface area contributed by atoms with Crippen LogP contribution in [-0.2, 0) is 21.4 Å². The molecule has 6 rings (SSSR count). The summed E-state index contributed by atoms with van der Waals surface area (Å²) in [6, 6.07) is 10.1. The highest BCUT2D eigenvalue weighted by atomic mass is 32.2. The van der Waals surface area contributed by atoms with Gasteiger partial charge in [0.15, 0.2) is 11.6 Å². The van der Waals surface area contributed by atoms with Crippen molar-refractivity contribution in [1.82, 2.24) is 19.3 Å². The lowest BCUT2D eigenvalue weighted by atomic mass is 9.85. The van der Waals surface area contributed by atoms with Gasteiger partial charge >= 0.3 is 0 Å². The average Bonchev–Trinajstić information content (AvgIpc) is 3.01. The lowest BCUT2D eigenvalue weighted by molar-refractivity contribution is -0.125. The van der Waals surface area contributed by atoms with Gasteiger partial charge in [-0.05, 0) is 67.1 Å². The second-order valence-electron chi connectivity index (χ2n) is 11.1. The fourth-order valence-corrected chi connectivity index (χ4v) is 7.56. The van der Waals surface area contributed by atoms with Crippen LogP contribution in [0.3, 0.4) is 0 Å². The monoisotopic (exact) mass is 618 g/mol. The molecule has 1 N–H and O–H groups in total. The van der Waals surface area contributed by atoms with Crippen molar-refractivity contribution >= 4 is 32.5 Å². The zero-order valence-electron chi connectivity index (χ0n) is 23.5. The second kappa shape index (κ2) is 11.9. The summed E-state index contributed by atoms with van der Waals surface area (Å²) in [6.45, 7) is -0.0247. The van der Waals surface area contributed by atoms with E-state index in [1.165, 1.54) is 42.6 Å². The number of benzene rings is 2. The van der Waals surface area contributed by atoms with E-state index >= 15 is 0 Å². The van der Waals surface area contributed by atoms with Crippen molar-refractivity contribution in [3.8, 4) is 6.07 Å². The molecule has 2 fully saturated rings. The summed E-state index contributed by atoms with van der Waals surface area (Å²) in [5.41, 5.74) is 1.33. The Kier molecular flexibility index (Phi) is 7.96. The van der Waals surface area contributed by atoms with Crippen LogP contribution in [0.2, 0.25) is 0 Å². The highest BCUT2D eigenvalue weighted by Crippen LogP contribution is 2.34. The molecule has 1 aliphatic heterocycles. The molecule has 0 radical (unpaired) electrons. The lowest BCUT2D eigenvalue weighted by Gasteiger charge is -2.41. The van der Waals surface area contributed by atoms with E-state index in [0.29, 0.717) is 34.3 Å². The van der Waals surface area contributed by atoms with Crippen molar-refractivity contribution in [1.29, 1.82) is 5.26 Å². The van der Waals surface area contributed by atoms with Crippen molar-refractivity contribution in [2.75, 3.05) is 11.4 Å². The van der Waals surface area contributed by atoms with Crippen LogP contribution in [0, 0.1) is 23.0 Å². The van der Waals surface area contributed by atoms with Gasteiger partial charge in [-0.25, -0.2) is 22.2 Å². The first-order chi connectivity index (χ1) is 21.2. The number of pyridine rings is 1. The molecular formula is C31H28F2N6O4S. The molecular weight excluding hydrogens is 590 g/mol. The molecule has 2 aromatic heterocycles. The predicted molar refractivity (Wildman–Crippen MR) is 157 cm³/mol. The maximum atomic E-state index is 14.2. The smallest absolute Gasteiger partial charge is 0.258 e. The number of carbonyl (C=O) groups is 1. The van der Waals surface area contributed by atoms with Gasteiger partial charge < -0.3 is 9.88 Å². The number of halogens is 2. The molecule has 4 aromatic rings. The van der Waals surface area contributed by atoms with Crippen LogP contribution in [0.25, 0.3) is 10.9 Å². The summed E-state index contributed by atoms with van der Waals surface area (Å²) in [6.07, 6.45) is 9.06. The number of aromatic nitrogens is 3. The number of carbonyl (C=O) groups excluding carboxylic acids is 1. The normalized spacial score (nSPS) is 17.6. The number of hydrogen-bond acceptors (Lipinski definition) is 7. The average molecular weight is 619 g/mol. The standard InChI is InChI=1S/C31H28F2N6O4S/c32-26-14-24(12-21(15-34)29(26)33)44(42,43)39-11-10-28(39)31(41)38(23-8-9-25-27(13-23)36-18-37-30(25)40)17-22-7-6-20(16-35-22)19-4-2-1-3-5-19/h6-9,12-14,16,18-19,28H,1-5,10-11,17H2,(H,36,37,40)/t28-/m1/s1. The Labute approximate surface area is 252 Å². The quantitative estimate of drug-likeness (QED) is 0.321. The van der Waals surface area contributed by atoms with Crippen molar-refractivity contribution in [3.63, 3.8) is 0 Å². The van der Waals surface area contributed by atoms with Gasteiger partial charge in [-0.2, -0.15) is 9.57 Å². The zero-order chi connectivity index (χ0) is 31.0. The van der Waals surface area contributed by atoms with E-state index in [2.05, 4.69) is 15.0 Å². The second-order valence-corrected chi connectivity index (χ2v) is 13.0. The van der Waals surface area contributed by atoms with E-state index in [-0.39, 0.29) is 25.1 Å². The van der Waals surface area contributed by atoms with Gasteiger partial charge in [-0.15, -0.1) is 0 Å². The largest absolute Gasteiger partial charge is 0.313 e. The molecule has 1 saturated heterocycles. The van der Waals surface area contributed by atoms with Gasteiger partial charge in [-0.3, -0.25) is 14.6 Å². The van der Waals surface area contributed by atoms with Crippen LogP contribution in [0.5, 0.6) is 0 Å². The summed E-state index contributed by atoms with van der Waals surface area (Å²) in [7, 11) is -4.46. The fraction of sp³-hybridized carbons (Fsp3) is 0.323. The molecule has 1 saturated carbocycles. The molecule has 13 heteroatoms. The highest BCUT2D eigenvalue weighted by Gasteiger charge is 2.45. The van der Waals surface area contributed by atoms with Gasteiger partial charge in [0.05, 0.1) is 39.9 Å². The van der Waals surface area contributed by atoms with E-state index in [4.69, 9.17) is 5.26 Å². The molecule has 44 heavy (non-hydrogen) atoms. The molecule has 1 aliphatic carbocycles. The third kappa shape index (κ3) is 5.46. The molecule has 0 spiro atoms. The Hall–Kier alpha value is -4.54. The number of nitrogens with one attached hydrogen (secondary N) is 1. The van der Waals surface area contributed by atoms with E-state index in [9.17, 15) is 26.8 Å². The van der Waals surface area contributed by atoms with E-state index in [0.717, 1.165) is 28.8 Å². The number of nitrogens with zero attached hydrogens (tertiary/aromatic N) is 5. The highest BCUT2D eigenvalue weighted by molar-refractivity contribution is 7.89. The number of hydrogen-bond donors (Lipinski definition) is 1. The summed E-state index contributed by atoms with van der Waals surface area (Å²) in [5, 5.41) is 9.46. The van der Waals surface area contributed by atoms with Crippen LogP contribution in [0.1, 0.15) is 61.3 Å². The number of nitriles is 1. The molecule has 1 atom stereocenters. The van der Waals surface area contributed by atoms with E-state index in [1.807, 2.05) is 18.3 Å². The Bertz CT molecular complexity index is 1950. The number of amides is 1. The number of fused-ring (bicyclic) bond motifs is 1. The minimum Gasteiger partial charge on any atom is -0.313 e. The maximum Gasteiger partial charge on any atom is 0.258 e. The first kappa shape index (κ1) is 29.5. The number of sulfonamides is 1. The Morgan fingerprint density at radius 3 is 2.55 bits per heavy atom.